The molecule has 1 aliphatic heterocycles. The molecule has 4 rings (SSSR count). The first-order valence-electron chi connectivity index (χ1n) is 10.3. The number of halogens is 1. The molecule has 31 heavy (non-hydrogen) atoms. The Morgan fingerprint density at radius 1 is 1.16 bits per heavy atom. The average molecular weight is 444 g/mol. The highest BCUT2D eigenvalue weighted by Crippen LogP contribution is 2.33. The number of allylic oxidation sites excluding steroid dienone is 4. The van der Waals surface area contributed by atoms with Gasteiger partial charge in [0.15, 0.2) is 0 Å². The molecule has 0 bridgehead atoms. The SMILES string of the molecule is COc1ccccc1S(=O)(=O)N1Cc2cc(F)ccc2COCC1CC1C=CC=CC1. The van der Waals surface area contributed by atoms with E-state index in [2.05, 4.69) is 12.2 Å². The van der Waals surface area contributed by atoms with Crippen LogP contribution in [-0.4, -0.2) is 32.5 Å². The van der Waals surface area contributed by atoms with Crippen LogP contribution in [0.2, 0.25) is 0 Å². The third-order valence-electron chi connectivity index (χ3n) is 5.77. The summed E-state index contributed by atoms with van der Waals surface area (Å²) in [5.74, 6) is 0.0930. The molecule has 0 saturated heterocycles. The maximum Gasteiger partial charge on any atom is 0.247 e. The fraction of sp³-hybridized carbons (Fsp3) is 0.333. The Labute approximate surface area is 182 Å². The van der Waals surface area contributed by atoms with Crippen LogP contribution in [0.5, 0.6) is 5.75 Å². The molecule has 0 aromatic heterocycles. The number of benzene rings is 2. The molecule has 0 spiro atoms. The molecule has 0 saturated carbocycles. The molecule has 2 aromatic carbocycles. The lowest BCUT2D eigenvalue weighted by Crippen LogP contribution is -2.44. The minimum atomic E-state index is -3.94. The van der Waals surface area contributed by atoms with Gasteiger partial charge in [0.2, 0.25) is 10.0 Å². The van der Waals surface area contributed by atoms with E-state index in [-0.39, 0.29) is 29.7 Å². The molecular weight excluding hydrogens is 417 g/mol. The van der Waals surface area contributed by atoms with Crippen LogP contribution in [0.1, 0.15) is 24.0 Å². The van der Waals surface area contributed by atoms with Gasteiger partial charge in [-0.3, -0.25) is 0 Å². The number of hydrogen-bond acceptors (Lipinski definition) is 4. The van der Waals surface area contributed by atoms with Gasteiger partial charge in [-0.1, -0.05) is 42.5 Å². The summed E-state index contributed by atoms with van der Waals surface area (Å²) in [5, 5.41) is 0. The van der Waals surface area contributed by atoms with Gasteiger partial charge in [0, 0.05) is 12.6 Å². The molecule has 1 heterocycles. The van der Waals surface area contributed by atoms with Gasteiger partial charge in [0.25, 0.3) is 0 Å². The highest BCUT2D eigenvalue weighted by Gasteiger charge is 2.36. The van der Waals surface area contributed by atoms with Crippen molar-refractivity contribution in [3.05, 3.63) is 83.7 Å². The van der Waals surface area contributed by atoms with Crippen molar-refractivity contribution in [1.82, 2.24) is 4.31 Å². The summed E-state index contributed by atoms with van der Waals surface area (Å²) in [4.78, 5) is 0.0973. The highest BCUT2D eigenvalue weighted by molar-refractivity contribution is 7.89. The Balaban J connectivity index is 1.76. The summed E-state index contributed by atoms with van der Waals surface area (Å²) in [6, 6.07) is 10.6. The van der Waals surface area contributed by atoms with Gasteiger partial charge < -0.3 is 9.47 Å². The minimum Gasteiger partial charge on any atom is -0.495 e. The minimum absolute atomic E-state index is 0.0772. The summed E-state index contributed by atoms with van der Waals surface area (Å²) in [7, 11) is -2.49. The van der Waals surface area contributed by atoms with Crippen molar-refractivity contribution in [2.45, 2.75) is 36.9 Å². The van der Waals surface area contributed by atoms with E-state index in [1.807, 2.05) is 12.2 Å². The van der Waals surface area contributed by atoms with Crippen LogP contribution in [0.3, 0.4) is 0 Å². The number of ether oxygens (including phenoxy) is 2. The van der Waals surface area contributed by atoms with E-state index >= 15 is 0 Å². The first-order valence-corrected chi connectivity index (χ1v) is 11.8. The van der Waals surface area contributed by atoms with Crippen LogP contribution in [-0.2, 0) is 27.9 Å². The molecule has 7 heteroatoms. The van der Waals surface area contributed by atoms with E-state index in [0.717, 1.165) is 12.0 Å². The number of para-hydroxylation sites is 1. The Morgan fingerprint density at radius 3 is 2.77 bits per heavy atom. The van der Waals surface area contributed by atoms with Gasteiger partial charge in [0.05, 0.1) is 20.3 Å². The molecule has 2 aromatic rings. The van der Waals surface area contributed by atoms with E-state index < -0.39 is 21.9 Å². The lowest BCUT2D eigenvalue weighted by molar-refractivity contribution is 0.0603. The molecule has 5 nitrogen and oxygen atoms in total. The Morgan fingerprint density at radius 2 is 2.00 bits per heavy atom. The summed E-state index contributed by atoms with van der Waals surface area (Å²) in [6.45, 7) is 0.669. The topological polar surface area (TPSA) is 55.8 Å². The van der Waals surface area contributed by atoms with Crippen LogP contribution in [0, 0.1) is 11.7 Å². The third kappa shape index (κ3) is 4.74. The lowest BCUT2D eigenvalue weighted by atomic mass is 9.93. The maximum absolute atomic E-state index is 14.0. The fourth-order valence-corrected chi connectivity index (χ4v) is 5.91. The van der Waals surface area contributed by atoms with E-state index in [1.54, 1.807) is 30.3 Å². The largest absolute Gasteiger partial charge is 0.495 e. The first-order chi connectivity index (χ1) is 15.0. The standard InChI is InChI=1S/C24H26FNO4S/c1-29-23-9-5-6-10-24(23)31(27,28)26-15-20-14-21(25)12-11-19(20)16-30-17-22(26)13-18-7-3-2-4-8-18/h2-7,9-12,14,18,22H,8,13,15-17H2,1H3. The van der Waals surface area contributed by atoms with Crippen molar-refractivity contribution in [3.8, 4) is 5.75 Å². The molecule has 1 aliphatic carbocycles. The van der Waals surface area contributed by atoms with Crippen LogP contribution < -0.4 is 4.74 Å². The monoisotopic (exact) mass is 443 g/mol. The van der Waals surface area contributed by atoms with Crippen molar-refractivity contribution in [2.75, 3.05) is 13.7 Å². The molecule has 0 amide bonds. The molecule has 164 valence electrons. The first kappa shape index (κ1) is 21.7. The number of nitrogens with zero attached hydrogens (tertiary/aromatic N) is 1. The lowest BCUT2D eigenvalue weighted by Gasteiger charge is -2.35. The van der Waals surface area contributed by atoms with E-state index in [4.69, 9.17) is 9.47 Å². The molecule has 0 N–H and O–H groups in total. The van der Waals surface area contributed by atoms with Crippen LogP contribution in [0.15, 0.2) is 71.7 Å². The van der Waals surface area contributed by atoms with Crippen molar-refractivity contribution in [2.24, 2.45) is 5.92 Å². The Bertz CT molecular complexity index is 1100. The second-order valence-corrected chi connectivity index (χ2v) is 9.69. The van der Waals surface area contributed by atoms with Crippen LogP contribution in [0.4, 0.5) is 4.39 Å². The van der Waals surface area contributed by atoms with E-state index in [0.29, 0.717) is 18.6 Å². The van der Waals surface area contributed by atoms with Gasteiger partial charge in [-0.2, -0.15) is 4.31 Å². The van der Waals surface area contributed by atoms with Gasteiger partial charge in [-0.15, -0.1) is 0 Å². The second-order valence-electron chi connectivity index (χ2n) is 7.83. The normalized spacial score (nSPS) is 21.9. The molecule has 2 aliphatic rings. The number of rotatable bonds is 5. The number of fused-ring (bicyclic) bond motifs is 1. The van der Waals surface area contributed by atoms with Crippen molar-refractivity contribution < 1.29 is 22.3 Å². The zero-order valence-electron chi connectivity index (χ0n) is 17.4. The van der Waals surface area contributed by atoms with Gasteiger partial charge in [0.1, 0.15) is 16.5 Å². The number of sulfonamides is 1. The van der Waals surface area contributed by atoms with Gasteiger partial charge >= 0.3 is 0 Å². The average Bonchev–Trinajstić information content (AvgIpc) is 2.77. The Hall–Kier alpha value is -2.48. The van der Waals surface area contributed by atoms with Crippen molar-refractivity contribution in [3.63, 3.8) is 0 Å². The molecule has 2 atom stereocenters. The maximum atomic E-state index is 14.0. The van der Waals surface area contributed by atoms with Crippen molar-refractivity contribution >= 4 is 10.0 Å². The van der Waals surface area contributed by atoms with Crippen LogP contribution in [0.25, 0.3) is 0 Å². The van der Waals surface area contributed by atoms with Crippen LogP contribution >= 0.6 is 0 Å². The quantitative estimate of drug-likeness (QED) is 0.685. The molecule has 0 radical (unpaired) electrons. The molecular formula is C24H26FNO4S. The predicted octanol–water partition coefficient (Wildman–Crippen LogP) is 4.45. The molecule has 0 fully saturated rings. The van der Waals surface area contributed by atoms with Gasteiger partial charge in [-0.25, -0.2) is 12.8 Å². The smallest absolute Gasteiger partial charge is 0.247 e. The molecule has 2 unspecified atom stereocenters. The van der Waals surface area contributed by atoms with Crippen molar-refractivity contribution in [1.29, 1.82) is 0 Å². The van der Waals surface area contributed by atoms with E-state index in [1.165, 1.54) is 23.5 Å². The number of methoxy groups -OCH3 is 1. The zero-order chi connectivity index (χ0) is 21.8. The highest BCUT2D eigenvalue weighted by atomic mass is 32.2. The van der Waals surface area contributed by atoms with Gasteiger partial charge in [-0.05, 0) is 54.2 Å². The summed E-state index contributed by atoms with van der Waals surface area (Å²) < 4.78 is 54.4. The fourth-order valence-electron chi connectivity index (χ4n) is 4.15. The number of hydrogen-bond donors (Lipinski definition) is 0. The predicted molar refractivity (Wildman–Crippen MR) is 117 cm³/mol. The summed E-state index contributed by atoms with van der Waals surface area (Å²) >= 11 is 0. The second kappa shape index (κ2) is 9.34. The summed E-state index contributed by atoms with van der Waals surface area (Å²) in [6.07, 6.45) is 9.62. The third-order valence-corrected chi connectivity index (χ3v) is 7.71. The van der Waals surface area contributed by atoms with E-state index in [9.17, 15) is 12.8 Å². The Kier molecular flexibility index (Phi) is 6.55. The zero-order valence-corrected chi connectivity index (χ0v) is 18.2. The summed E-state index contributed by atoms with van der Waals surface area (Å²) in [5.41, 5.74) is 1.41.